The summed E-state index contributed by atoms with van der Waals surface area (Å²) in [6, 6.07) is 34.8. The summed E-state index contributed by atoms with van der Waals surface area (Å²) in [4.78, 5) is 176. The number of carboxylic acids is 2. The quantitative estimate of drug-likeness (QED) is 0.0113. The number of carbonyl (C=O) groups excluding carboxylic acids is 11. The fraction of sp³-hybridized carbons (Fsp3) is 0.434. The molecule has 1 fully saturated rings. The van der Waals surface area contributed by atoms with Crippen LogP contribution in [-0.2, 0) is 105 Å². The molecule has 0 bridgehead atoms. The van der Waals surface area contributed by atoms with Gasteiger partial charge in [0.05, 0.1) is 50.8 Å². The maximum Gasteiger partial charge on any atom is 0.326 e. The predicted octanol–water partition coefficient (Wildman–Crippen LogP) is 1.29. The number of nitrogens with two attached hydrogens (primary N) is 1. The van der Waals surface area contributed by atoms with Crippen LogP contribution in [0.25, 0.3) is 0 Å². The second-order valence-electron chi connectivity index (χ2n) is 27.0. The molecule has 0 radical (unpaired) electrons. The summed E-state index contributed by atoms with van der Waals surface area (Å²) in [6.07, 6.45) is -0.00287. The molecule has 14 N–H and O–H groups in total. The highest BCUT2D eigenvalue weighted by Crippen LogP contribution is 2.26. The van der Waals surface area contributed by atoms with Gasteiger partial charge in [0.25, 0.3) is 10.1 Å². The number of carbonyl (C=O) groups is 13. The predicted molar refractivity (Wildman–Crippen MR) is 402 cm³/mol. The molecule has 11 amide bonds. The first-order valence-electron chi connectivity index (χ1n) is 35.8. The van der Waals surface area contributed by atoms with E-state index >= 15 is 0 Å². The normalized spacial score (nSPS) is 14.8. The summed E-state index contributed by atoms with van der Waals surface area (Å²) >= 11 is 1.000. The van der Waals surface area contributed by atoms with Crippen molar-refractivity contribution in [1.82, 2.24) is 52.8 Å². The number of likely N-dealkylation sites (tertiary alicyclic amines) is 1. The number of quaternary nitrogens is 1. The molecule has 1 saturated heterocycles. The zero-order valence-corrected chi connectivity index (χ0v) is 62.2. The van der Waals surface area contributed by atoms with Crippen LogP contribution in [0, 0.1) is 0 Å². The van der Waals surface area contributed by atoms with Crippen LogP contribution in [0.1, 0.15) is 92.0 Å². The fourth-order valence-electron chi connectivity index (χ4n) is 11.8. The summed E-state index contributed by atoms with van der Waals surface area (Å²) in [5.74, 6) is -10.0. The average Bonchev–Trinajstić information content (AvgIpc) is 1.60. The van der Waals surface area contributed by atoms with Crippen molar-refractivity contribution in [3.05, 3.63) is 179 Å². The van der Waals surface area contributed by atoms with Gasteiger partial charge in [0, 0.05) is 83.1 Å². The van der Waals surface area contributed by atoms with Crippen molar-refractivity contribution in [3.8, 4) is 0 Å². The molecular weight excluding hydrogens is 1430 g/mol. The maximum absolute atomic E-state index is 15.0. The van der Waals surface area contributed by atoms with E-state index in [-0.39, 0.29) is 119 Å². The van der Waals surface area contributed by atoms with Crippen molar-refractivity contribution in [2.75, 3.05) is 64.9 Å². The minimum Gasteiger partial charge on any atom is -0.480 e. The van der Waals surface area contributed by atoms with E-state index < -0.39 is 141 Å². The molecule has 8 unspecified atom stereocenters. The summed E-state index contributed by atoms with van der Waals surface area (Å²) in [5, 5.41) is 42.6. The first kappa shape index (κ1) is 86.5. The summed E-state index contributed by atoms with van der Waals surface area (Å²) in [5.41, 5.74) is 9.00. The van der Waals surface area contributed by atoms with Gasteiger partial charge in [-0.15, -0.1) is 11.8 Å². The summed E-state index contributed by atoms with van der Waals surface area (Å²) in [6.45, 7) is 0.314. The molecule has 0 aliphatic carbocycles. The molecule has 0 aromatic heterocycles. The van der Waals surface area contributed by atoms with Gasteiger partial charge in [-0.3, -0.25) is 67.0 Å². The van der Waals surface area contributed by atoms with E-state index in [0.29, 0.717) is 53.7 Å². The van der Waals surface area contributed by atoms with Gasteiger partial charge in [0.2, 0.25) is 65.0 Å². The maximum atomic E-state index is 15.0. The standard InChI is InChI=1S/C76H98N12O18S2/c1-88(2,40-22-42-108(104,105)106)41-38-79-70(96)57(33-18-19-37-78-64(89)36-21-39-87-67(92)48-63(75(87)101)107-50-56(77)69(95)80-49-68(93)94)81-65(90)34-20-35-66(91)82-58(43-51-23-8-3-9-24-51)71(97)83-59(44-52-25-10-4-11-26-52)72(98)84-60(45-53-27-12-5-13-28-53)73(99)85-61(46-54-29-14-6-15-30-54)74(100)86-62(76(102)103)47-55-31-16-7-17-32-55/h3-17,23-32,56-63H,18-22,33-50,77H2,1-2H3,(H11-,78,79,80,81,82,83,84,85,86,89,90,91,93,94,95,96,97,98,99,100,102,103,104,105,106)/p+1. The van der Waals surface area contributed by atoms with E-state index in [9.17, 15) is 80.4 Å². The molecule has 30 nitrogen and oxygen atoms in total. The Hall–Kier alpha value is -10.4. The number of carboxylic acid groups (broad SMARTS) is 2. The monoisotopic (exact) mass is 1530 g/mol. The van der Waals surface area contributed by atoms with Gasteiger partial charge in [-0.05, 0) is 59.9 Å². The van der Waals surface area contributed by atoms with Gasteiger partial charge >= 0.3 is 11.9 Å². The molecule has 0 saturated carbocycles. The lowest BCUT2D eigenvalue weighted by Gasteiger charge is -2.30. The smallest absolute Gasteiger partial charge is 0.326 e. The number of benzene rings is 5. The second kappa shape index (κ2) is 44.7. The molecular formula is C76H99N12O18S2+. The Morgan fingerprint density at radius 2 is 0.889 bits per heavy atom. The van der Waals surface area contributed by atoms with Crippen LogP contribution in [-0.4, -0.2) is 222 Å². The summed E-state index contributed by atoms with van der Waals surface area (Å²) < 4.78 is 32.3. The van der Waals surface area contributed by atoms with Crippen molar-refractivity contribution in [2.24, 2.45) is 5.73 Å². The number of nitrogens with zero attached hydrogens (tertiary/aromatic N) is 2. The number of thioether (sulfide) groups is 1. The topological polar surface area (TPSA) is 454 Å². The number of aliphatic carboxylic acids is 2. The highest BCUT2D eigenvalue weighted by molar-refractivity contribution is 8.00. The third-order valence-electron chi connectivity index (χ3n) is 17.7. The van der Waals surface area contributed by atoms with Gasteiger partial charge < -0.3 is 68.3 Å². The molecule has 5 aromatic rings. The Bertz CT molecular complexity index is 3940. The zero-order valence-electron chi connectivity index (χ0n) is 60.6. The van der Waals surface area contributed by atoms with Crippen molar-refractivity contribution < 1.29 is 90.0 Å². The van der Waals surface area contributed by atoms with E-state index in [0.717, 1.165) is 16.7 Å². The fourth-order valence-corrected chi connectivity index (χ4v) is 13.4. The zero-order chi connectivity index (χ0) is 78.6. The number of hydrogen-bond donors (Lipinski definition) is 13. The lowest BCUT2D eigenvalue weighted by Crippen LogP contribution is -2.60. The van der Waals surface area contributed by atoms with Gasteiger partial charge in [-0.1, -0.05) is 152 Å². The van der Waals surface area contributed by atoms with Crippen LogP contribution in [0.2, 0.25) is 0 Å². The highest BCUT2D eigenvalue weighted by Gasteiger charge is 2.40. The lowest BCUT2D eigenvalue weighted by molar-refractivity contribution is -0.889. The van der Waals surface area contributed by atoms with Crippen molar-refractivity contribution in [2.45, 2.75) is 144 Å². The third-order valence-corrected chi connectivity index (χ3v) is 19.8. The van der Waals surface area contributed by atoms with E-state index in [4.69, 9.17) is 10.8 Å². The number of amides is 11. The number of unbranched alkanes of at least 4 members (excludes halogenated alkanes) is 1. The van der Waals surface area contributed by atoms with Gasteiger partial charge in [0.15, 0.2) is 0 Å². The lowest BCUT2D eigenvalue weighted by atomic mass is 10.00. The molecule has 0 spiro atoms. The van der Waals surface area contributed by atoms with Crippen molar-refractivity contribution in [3.63, 3.8) is 0 Å². The Kier molecular flexibility index (Phi) is 35.8. The molecule has 6 rings (SSSR count). The van der Waals surface area contributed by atoms with Gasteiger partial charge in [-0.2, -0.15) is 8.42 Å². The van der Waals surface area contributed by atoms with Crippen LogP contribution in [0.3, 0.4) is 0 Å². The van der Waals surface area contributed by atoms with E-state index in [2.05, 4.69) is 47.9 Å². The van der Waals surface area contributed by atoms with Gasteiger partial charge in [0.1, 0.15) is 42.8 Å². The van der Waals surface area contributed by atoms with Crippen LogP contribution in [0.4, 0.5) is 0 Å². The average molecular weight is 1530 g/mol. The third kappa shape index (κ3) is 32.4. The minimum atomic E-state index is -4.19. The first-order chi connectivity index (χ1) is 51.5. The number of rotatable bonds is 48. The molecule has 582 valence electrons. The highest BCUT2D eigenvalue weighted by atomic mass is 32.2. The van der Waals surface area contributed by atoms with Crippen molar-refractivity contribution >= 4 is 98.8 Å². The molecule has 108 heavy (non-hydrogen) atoms. The number of nitrogens with one attached hydrogen (secondary N) is 9. The Labute approximate surface area is 632 Å². The second-order valence-corrected chi connectivity index (χ2v) is 29.8. The number of imide groups is 1. The van der Waals surface area contributed by atoms with Crippen molar-refractivity contribution in [1.29, 1.82) is 0 Å². The molecule has 1 aliphatic rings. The van der Waals surface area contributed by atoms with E-state index in [1.54, 1.807) is 152 Å². The largest absolute Gasteiger partial charge is 0.480 e. The molecule has 1 heterocycles. The van der Waals surface area contributed by atoms with Crippen LogP contribution >= 0.6 is 11.8 Å². The Balaban J connectivity index is 1.09. The molecule has 32 heteroatoms. The number of hydrogen-bond acceptors (Lipinski definition) is 17. The van der Waals surface area contributed by atoms with E-state index in [1.165, 1.54) is 0 Å². The summed E-state index contributed by atoms with van der Waals surface area (Å²) in [7, 11) is -0.557. The van der Waals surface area contributed by atoms with Gasteiger partial charge in [-0.25, -0.2) is 4.79 Å². The van der Waals surface area contributed by atoms with Crippen LogP contribution < -0.4 is 53.6 Å². The Morgan fingerprint density at radius 1 is 0.481 bits per heavy atom. The SMILES string of the molecule is C[N+](C)(CCCS(=O)(=O)O)CCNC(=O)C(CCCCNC(=O)CCCN1C(=O)CC(SCC(N)C(=O)NCC(=O)O)C1=O)NC(=O)CCCC(=O)NC(Cc1ccccc1)C(=O)NC(Cc1ccccc1)C(=O)NC(Cc1ccccc1)C(=O)NC(Cc1ccccc1)C(=O)NC(Cc1ccccc1)C(=O)O. The van der Waals surface area contributed by atoms with Crippen LogP contribution in [0.15, 0.2) is 152 Å². The minimum absolute atomic E-state index is 0.0375. The Morgan fingerprint density at radius 3 is 1.31 bits per heavy atom. The molecule has 8 atom stereocenters. The first-order valence-corrected chi connectivity index (χ1v) is 38.4. The number of likely N-dealkylation sites (N-methyl/N-ethyl adjacent to an activating group) is 1. The van der Waals surface area contributed by atoms with E-state index in [1.807, 2.05) is 14.1 Å². The van der Waals surface area contributed by atoms with Crippen LogP contribution in [0.5, 0.6) is 0 Å². The molecule has 1 aliphatic heterocycles. The molecule has 5 aromatic carbocycles.